The number of anilines is 1. The van der Waals surface area contributed by atoms with Crippen molar-refractivity contribution in [2.75, 3.05) is 12.8 Å². The van der Waals surface area contributed by atoms with E-state index in [9.17, 15) is 0 Å². The Morgan fingerprint density at radius 2 is 2.07 bits per heavy atom. The van der Waals surface area contributed by atoms with Crippen LogP contribution in [0, 0.1) is 5.92 Å². The molecule has 1 aliphatic carbocycles. The number of ether oxygens (including phenoxy) is 1. The van der Waals surface area contributed by atoms with Gasteiger partial charge in [-0.3, -0.25) is 0 Å². The van der Waals surface area contributed by atoms with Gasteiger partial charge in [0.2, 0.25) is 5.95 Å². The van der Waals surface area contributed by atoms with Crippen molar-refractivity contribution >= 4 is 40.7 Å². The summed E-state index contributed by atoms with van der Waals surface area (Å²) in [5, 5.41) is 0.735. The first-order valence-electron chi connectivity index (χ1n) is 9.24. The van der Waals surface area contributed by atoms with Gasteiger partial charge in [0, 0.05) is 24.3 Å². The van der Waals surface area contributed by atoms with Gasteiger partial charge >= 0.3 is 0 Å². The number of aliphatic imine (C=N–C) groups is 1. The Morgan fingerprint density at radius 3 is 2.72 bits per heavy atom. The zero-order valence-corrected chi connectivity index (χ0v) is 16.5. The van der Waals surface area contributed by atoms with Crippen molar-refractivity contribution in [3.63, 3.8) is 0 Å². The molecule has 0 bridgehead atoms. The summed E-state index contributed by atoms with van der Waals surface area (Å²) in [6.45, 7) is 7.69. The van der Waals surface area contributed by atoms with Crippen molar-refractivity contribution in [2.24, 2.45) is 23.7 Å². The number of benzene rings is 1. The van der Waals surface area contributed by atoms with Crippen molar-refractivity contribution < 1.29 is 4.74 Å². The molecule has 8 heteroatoms. The van der Waals surface area contributed by atoms with Gasteiger partial charge in [-0.2, -0.15) is 4.98 Å². The number of nitrogens with zero attached hydrogens (tertiary/aromatic N) is 5. The van der Waals surface area contributed by atoms with E-state index in [1.165, 1.54) is 0 Å². The molecule has 8 nitrogen and oxygen atoms in total. The topological polar surface area (TPSA) is 117 Å². The number of hydrogen-bond donors (Lipinski definition) is 2. The third-order valence-corrected chi connectivity index (χ3v) is 5.23. The highest BCUT2D eigenvalue weighted by Crippen LogP contribution is 2.48. The minimum atomic E-state index is 0.0864. The molecule has 2 heterocycles. The summed E-state index contributed by atoms with van der Waals surface area (Å²) < 4.78 is 7.40. The fourth-order valence-corrected chi connectivity index (χ4v) is 3.66. The molecular weight excluding hydrogens is 366 g/mol. The van der Waals surface area contributed by atoms with Crippen LogP contribution in [0.25, 0.3) is 23.1 Å². The molecule has 2 aromatic heterocycles. The third kappa shape index (κ3) is 3.12. The summed E-state index contributed by atoms with van der Waals surface area (Å²) in [5.74, 6) is 2.90. The van der Waals surface area contributed by atoms with Crippen LogP contribution in [0.15, 0.2) is 36.3 Å². The van der Waals surface area contributed by atoms with Crippen molar-refractivity contribution in [3.05, 3.63) is 48.6 Å². The number of hydrogen-bond acceptors (Lipinski definition) is 6. The van der Waals surface area contributed by atoms with E-state index in [-0.39, 0.29) is 17.8 Å². The van der Waals surface area contributed by atoms with Crippen LogP contribution in [0.4, 0.5) is 11.8 Å². The zero-order chi connectivity index (χ0) is 20.7. The van der Waals surface area contributed by atoms with Gasteiger partial charge in [0.05, 0.1) is 18.5 Å². The normalized spacial score (nSPS) is 18.6. The first-order valence-corrected chi connectivity index (χ1v) is 9.24. The van der Waals surface area contributed by atoms with E-state index in [4.69, 9.17) is 16.2 Å². The molecule has 148 valence electrons. The minimum absolute atomic E-state index is 0.0864. The summed E-state index contributed by atoms with van der Waals surface area (Å²) in [5.41, 5.74) is 14.6. The van der Waals surface area contributed by atoms with E-state index in [0.717, 1.165) is 29.0 Å². The SMILES string of the molecule is C=Cc1nc(C2CC2C(N)=Nc2nc(N)nc3c(OC)cccc23)n(C)c1C=C. The van der Waals surface area contributed by atoms with Crippen LogP contribution in [0.3, 0.4) is 0 Å². The van der Waals surface area contributed by atoms with Crippen LogP contribution >= 0.6 is 0 Å². The highest BCUT2D eigenvalue weighted by Gasteiger charge is 2.44. The number of aromatic nitrogens is 4. The quantitative estimate of drug-likeness (QED) is 0.494. The first kappa shape index (κ1) is 18.7. The van der Waals surface area contributed by atoms with Gasteiger partial charge in [-0.1, -0.05) is 19.2 Å². The molecule has 1 fully saturated rings. The molecule has 0 radical (unpaired) electrons. The zero-order valence-electron chi connectivity index (χ0n) is 16.5. The second kappa shape index (κ2) is 7.05. The maximum atomic E-state index is 6.35. The summed E-state index contributed by atoms with van der Waals surface area (Å²) in [7, 11) is 3.56. The van der Waals surface area contributed by atoms with Crippen LogP contribution in [-0.4, -0.2) is 32.5 Å². The van der Waals surface area contributed by atoms with Crippen molar-refractivity contribution in [1.82, 2.24) is 19.5 Å². The van der Waals surface area contributed by atoms with Crippen LogP contribution in [0.1, 0.15) is 29.6 Å². The second-order valence-corrected chi connectivity index (χ2v) is 6.95. The van der Waals surface area contributed by atoms with E-state index in [0.29, 0.717) is 22.9 Å². The molecule has 2 atom stereocenters. The van der Waals surface area contributed by atoms with E-state index < -0.39 is 0 Å². The number of nitrogens with two attached hydrogens (primary N) is 2. The van der Waals surface area contributed by atoms with Gasteiger partial charge in [0.25, 0.3) is 0 Å². The standard InChI is InChI=1S/C21H23N7O/c1-5-14-15(6-2)28(3)20(24-14)13-10-12(13)18(22)26-19-11-8-7-9-16(29-4)17(11)25-21(23)27-19/h5-9,12-13H,1-2,10H2,3-4H3,(H4,22,23,25,26,27). The predicted octanol–water partition coefficient (Wildman–Crippen LogP) is 3.03. The third-order valence-electron chi connectivity index (χ3n) is 5.23. The van der Waals surface area contributed by atoms with Crippen molar-refractivity contribution in [1.29, 1.82) is 0 Å². The number of rotatable bonds is 6. The number of amidine groups is 1. The fourth-order valence-electron chi connectivity index (χ4n) is 3.66. The van der Waals surface area contributed by atoms with E-state index in [1.54, 1.807) is 19.3 Å². The molecule has 29 heavy (non-hydrogen) atoms. The Bertz CT molecular complexity index is 1160. The van der Waals surface area contributed by atoms with Gasteiger partial charge in [0.15, 0.2) is 5.82 Å². The lowest BCUT2D eigenvalue weighted by Gasteiger charge is -2.08. The Balaban J connectivity index is 1.69. The molecule has 2 unspecified atom stereocenters. The van der Waals surface area contributed by atoms with Crippen LogP contribution < -0.4 is 16.2 Å². The van der Waals surface area contributed by atoms with E-state index in [2.05, 4.69) is 33.1 Å². The lowest BCUT2D eigenvalue weighted by molar-refractivity contribution is 0.419. The Kier molecular flexibility index (Phi) is 4.54. The lowest BCUT2D eigenvalue weighted by Crippen LogP contribution is -2.15. The van der Waals surface area contributed by atoms with Crippen molar-refractivity contribution in [3.8, 4) is 5.75 Å². The molecular formula is C21H23N7O. The largest absolute Gasteiger partial charge is 0.494 e. The molecule has 0 amide bonds. The summed E-state index contributed by atoms with van der Waals surface area (Å²) in [6.07, 6.45) is 4.39. The highest BCUT2D eigenvalue weighted by molar-refractivity contribution is 5.97. The molecule has 3 aromatic rings. The van der Waals surface area contributed by atoms with Gasteiger partial charge in [0.1, 0.15) is 22.9 Å². The van der Waals surface area contributed by atoms with Gasteiger partial charge < -0.3 is 20.8 Å². The van der Waals surface area contributed by atoms with Crippen LogP contribution in [0.5, 0.6) is 5.75 Å². The monoisotopic (exact) mass is 389 g/mol. The molecule has 1 aliphatic rings. The maximum absolute atomic E-state index is 6.35. The molecule has 1 aromatic carbocycles. The molecule has 0 aliphatic heterocycles. The van der Waals surface area contributed by atoms with Crippen LogP contribution in [-0.2, 0) is 7.05 Å². The second-order valence-electron chi connectivity index (χ2n) is 6.95. The number of imidazole rings is 1. The molecule has 4 rings (SSSR count). The van der Waals surface area contributed by atoms with Crippen LogP contribution in [0.2, 0.25) is 0 Å². The lowest BCUT2D eigenvalue weighted by atomic mass is 10.2. The summed E-state index contributed by atoms with van der Waals surface area (Å²) in [4.78, 5) is 17.8. The van der Waals surface area contributed by atoms with E-state index >= 15 is 0 Å². The van der Waals surface area contributed by atoms with E-state index in [1.807, 2.05) is 29.8 Å². The van der Waals surface area contributed by atoms with Crippen molar-refractivity contribution in [2.45, 2.75) is 12.3 Å². The predicted molar refractivity (Wildman–Crippen MR) is 116 cm³/mol. The van der Waals surface area contributed by atoms with Gasteiger partial charge in [-0.25, -0.2) is 15.0 Å². The Labute approximate surface area is 168 Å². The Hall–Kier alpha value is -3.68. The molecule has 4 N–H and O–H groups in total. The number of nitrogen functional groups attached to an aromatic ring is 1. The van der Waals surface area contributed by atoms with Gasteiger partial charge in [-0.05, 0) is 30.7 Å². The average Bonchev–Trinajstić information content (AvgIpc) is 3.44. The summed E-state index contributed by atoms with van der Waals surface area (Å²) in [6, 6.07) is 5.55. The smallest absolute Gasteiger partial charge is 0.222 e. The Morgan fingerprint density at radius 1 is 1.28 bits per heavy atom. The van der Waals surface area contributed by atoms with Gasteiger partial charge in [-0.15, -0.1) is 0 Å². The molecule has 1 saturated carbocycles. The first-order chi connectivity index (χ1) is 14.0. The minimum Gasteiger partial charge on any atom is -0.494 e. The number of fused-ring (bicyclic) bond motifs is 1. The molecule has 0 saturated heterocycles. The summed E-state index contributed by atoms with van der Waals surface area (Å²) >= 11 is 0. The number of para-hydroxylation sites is 1. The highest BCUT2D eigenvalue weighted by atomic mass is 16.5. The number of methoxy groups -OCH3 is 1. The maximum Gasteiger partial charge on any atom is 0.222 e. The molecule has 0 spiro atoms. The average molecular weight is 389 g/mol. The fraction of sp³-hybridized carbons (Fsp3) is 0.238.